The van der Waals surface area contributed by atoms with Crippen LogP contribution in [0.4, 0.5) is 19.0 Å². The van der Waals surface area contributed by atoms with Crippen LogP contribution in [0.3, 0.4) is 0 Å². The number of aromatic nitrogens is 3. The Hall–Kier alpha value is -2.83. The highest BCUT2D eigenvalue weighted by Crippen LogP contribution is 2.33. The van der Waals surface area contributed by atoms with Gasteiger partial charge < -0.3 is 5.32 Å². The minimum Gasteiger partial charge on any atom is -0.361 e. The first-order valence-corrected chi connectivity index (χ1v) is 10.6. The first-order valence-electron chi connectivity index (χ1n) is 10.6. The molecule has 4 nitrogen and oxygen atoms in total. The molecule has 0 bridgehead atoms. The quantitative estimate of drug-likeness (QED) is 0.519. The zero-order valence-corrected chi connectivity index (χ0v) is 18.4. The summed E-state index contributed by atoms with van der Waals surface area (Å²) in [6.45, 7) is 8.18. The van der Waals surface area contributed by atoms with E-state index in [9.17, 15) is 13.2 Å². The van der Waals surface area contributed by atoms with Crippen molar-refractivity contribution in [2.24, 2.45) is 0 Å². The summed E-state index contributed by atoms with van der Waals surface area (Å²) in [6, 6.07) is 5.90. The van der Waals surface area contributed by atoms with Gasteiger partial charge in [0.2, 0.25) is 0 Å². The molecular weight excluding hydrogens is 401 g/mol. The molecule has 1 unspecified atom stereocenters. The van der Waals surface area contributed by atoms with Crippen molar-refractivity contribution >= 4 is 11.4 Å². The van der Waals surface area contributed by atoms with E-state index in [2.05, 4.69) is 15.4 Å². The Morgan fingerprint density at radius 2 is 2.06 bits per heavy atom. The fourth-order valence-electron chi connectivity index (χ4n) is 3.74. The van der Waals surface area contributed by atoms with E-state index in [-0.39, 0.29) is 6.04 Å². The average molecular weight is 431 g/mol. The topological polar surface area (TPSA) is 42.7 Å². The third-order valence-corrected chi connectivity index (χ3v) is 5.28. The van der Waals surface area contributed by atoms with Crippen molar-refractivity contribution in [3.8, 4) is 0 Å². The van der Waals surface area contributed by atoms with Crippen LogP contribution in [0.15, 0.2) is 48.1 Å². The molecule has 2 aromatic rings. The fourth-order valence-corrected chi connectivity index (χ4v) is 3.74. The number of hydrogen-bond donors (Lipinski definition) is 1. The van der Waals surface area contributed by atoms with Crippen molar-refractivity contribution in [1.29, 1.82) is 0 Å². The van der Waals surface area contributed by atoms with Crippen LogP contribution in [0.2, 0.25) is 0 Å². The van der Waals surface area contributed by atoms with E-state index in [1.54, 1.807) is 26.0 Å². The van der Waals surface area contributed by atoms with Crippen LogP contribution in [0.1, 0.15) is 61.8 Å². The van der Waals surface area contributed by atoms with Crippen molar-refractivity contribution in [1.82, 2.24) is 14.8 Å². The van der Waals surface area contributed by atoms with Gasteiger partial charge in [0.05, 0.1) is 23.0 Å². The van der Waals surface area contributed by atoms with E-state index < -0.39 is 11.7 Å². The maximum Gasteiger partial charge on any atom is 0.416 e. The van der Waals surface area contributed by atoms with Crippen molar-refractivity contribution in [3.05, 3.63) is 70.7 Å². The summed E-state index contributed by atoms with van der Waals surface area (Å²) in [6.07, 6.45) is 3.56. The summed E-state index contributed by atoms with van der Waals surface area (Å²) in [4.78, 5) is 4.60. The number of aryl methyl sites for hydroxylation is 3. The lowest BCUT2D eigenvalue weighted by atomic mass is 10.0. The molecule has 1 aliphatic heterocycles. The minimum absolute atomic E-state index is 0.00289. The van der Waals surface area contributed by atoms with E-state index in [4.69, 9.17) is 0 Å². The molecular formula is C24H29F3N4. The Labute approximate surface area is 181 Å². The second-order valence-electron chi connectivity index (χ2n) is 7.80. The second-order valence-corrected chi connectivity index (χ2v) is 7.80. The SMILES string of the molecule is C\C=C/C(=C\C(=C\CC)C(F)(F)F)c1cc2n(n1)CCCC2Nc1nc(C)ccc1C. The molecule has 0 amide bonds. The number of fused-ring (bicyclic) bond motifs is 1. The highest BCUT2D eigenvalue weighted by Gasteiger charge is 2.32. The number of alkyl halides is 3. The fraction of sp³-hybridized carbons (Fsp3) is 0.417. The molecule has 1 aliphatic rings. The largest absolute Gasteiger partial charge is 0.416 e. The summed E-state index contributed by atoms with van der Waals surface area (Å²) < 4.78 is 42.2. The Balaban J connectivity index is 1.98. The Kier molecular flexibility index (Phi) is 7.03. The molecule has 1 atom stereocenters. The molecule has 2 aromatic heterocycles. The van der Waals surface area contributed by atoms with E-state index in [1.807, 2.05) is 36.7 Å². The predicted molar refractivity (Wildman–Crippen MR) is 119 cm³/mol. The Morgan fingerprint density at radius 1 is 1.29 bits per heavy atom. The van der Waals surface area contributed by atoms with Gasteiger partial charge in [0.25, 0.3) is 0 Å². The van der Waals surface area contributed by atoms with E-state index in [1.165, 1.54) is 12.2 Å². The van der Waals surface area contributed by atoms with Gasteiger partial charge in [0.15, 0.2) is 0 Å². The number of nitrogens with zero attached hydrogens (tertiary/aromatic N) is 3. The number of allylic oxidation sites excluding steroid dienone is 6. The highest BCUT2D eigenvalue weighted by atomic mass is 19.4. The van der Waals surface area contributed by atoms with E-state index in [0.29, 0.717) is 17.7 Å². The molecule has 0 aliphatic carbocycles. The van der Waals surface area contributed by atoms with Crippen LogP contribution in [0.5, 0.6) is 0 Å². The third-order valence-electron chi connectivity index (χ3n) is 5.28. The van der Waals surface area contributed by atoms with Gasteiger partial charge in [-0.05, 0) is 63.8 Å². The van der Waals surface area contributed by atoms with Gasteiger partial charge in [-0.15, -0.1) is 0 Å². The van der Waals surface area contributed by atoms with Gasteiger partial charge in [0.1, 0.15) is 5.82 Å². The van der Waals surface area contributed by atoms with Crippen LogP contribution < -0.4 is 5.32 Å². The molecule has 3 rings (SSSR count). The zero-order chi connectivity index (χ0) is 22.6. The second kappa shape index (κ2) is 9.54. The molecule has 7 heteroatoms. The van der Waals surface area contributed by atoms with Gasteiger partial charge >= 0.3 is 6.18 Å². The standard InChI is InChI=1S/C24H29F3N4/c1-5-8-18(14-19(9-6-2)24(25,26)27)21-15-22-20(10-7-13-31(22)30-21)29-23-16(3)11-12-17(4)28-23/h5,8-9,11-12,14-15,20H,6-7,10,13H2,1-4H3,(H,28,29)/b8-5-,18-14+,19-9-. The summed E-state index contributed by atoms with van der Waals surface area (Å²) in [5, 5.41) is 8.15. The molecule has 0 fully saturated rings. The molecule has 166 valence electrons. The number of halogens is 3. The van der Waals surface area contributed by atoms with Gasteiger partial charge in [0, 0.05) is 17.8 Å². The van der Waals surface area contributed by atoms with Crippen molar-refractivity contribution in [2.45, 2.75) is 65.7 Å². The summed E-state index contributed by atoms with van der Waals surface area (Å²) >= 11 is 0. The van der Waals surface area contributed by atoms with Crippen LogP contribution >= 0.6 is 0 Å². The molecule has 31 heavy (non-hydrogen) atoms. The summed E-state index contributed by atoms with van der Waals surface area (Å²) in [5.74, 6) is 0.829. The third kappa shape index (κ3) is 5.46. The smallest absolute Gasteiger partial charge is 0.361 e. The summed E-state index contributed by atoms with van der Waals surface area (Å²) in [5.41, 5.74) is 3.29. The molecule has 0 radical (unpaired) electrons. The maximum absolute atomic E-state index is 13.4. The number of nitrogens with one attached hydrogen (secondary N) is 1. The van der Waals surface area contributed by atoms with Crippen molar-refractivity contribution < 1.29 is 13.2 Å². The first-order chi connectivity index (χ1) is 14.7. The van der Waals surface area contributed by atoms with E-state index in [0.717, 1.165) is 42.2 Å². The molecule has 0 spiro atoms. The lowest BCUT2D eigenvalue weighted by Crippen LogP contribution is -2.22. The predicted octanol–water partition coefficient (Wildman–Crippen LogP) is 6.70. The van der Waals surface area contributed by atoms with Crippen LogP contribution in [0.25, 0.3) is 5.57 Å². The summed E-state index contributed by atoms with van der Waals surface area (Å²) in [7, 11) is 0. The van der Waals surface area contributed by atoms with Crippen molar-refractivity contribution in [2.75, 3.05) is 5.32 Å². The number of pyridine rings is 1. The lowest BCUT2D eigenvalue weighted by molar-refractivity contribution is -0.0883. The Morgan fingerprint density at radius 3 is 2.74 bits per heavy atom. The normalized spacial score (nSPS) is 17.8. The van der Waals surface area contributed by atoms with E-state index >= 15 is 0 Å². The first kappa shape index (κ1) is 22.8. The molecule has 0 saturated heterocycles. The number of hydrogen-bond acceptors (Lipinski definition) is 3. The monoisotopic (exact) mass is 430 g/mol. The number of rotatable bonds is 6. The van der Waals surface area contributed by atoms with Gasteiger partial charge in [-0.3, -0.25) is 4.68 Å². The maximum atomic E-state index is 13.4. The molecule has 1 N–H and O–H groups in total. The molecule has 0 saturated carbocycles. The van der Waals surface area contributed by atoms with Crippen LogP contribution in [-0.2, 0) is 6.54 Å². The van der Waals surface area contributed by atoms with Gasteiger partial charge in [-0.1, -0.05) is 31.2 Å². The average Bonchev–Trinajstić information content (AvgIpc) is 3.14. The van der Waals surface area contributed by atoms with Crippen LogP contribution in [-0.4, -0.2) is 20.9 Å². The molecule has 3 heterocycles. The lowest BCUT2D eigenvalue weighted by Gasteiger charge is -2.25. The zero-order valence-electron chi connectivity index (χ0n) is 18.4. The van der Waals surface area contributed by atoms with Gasteiger partial charge in [-0.2, -0.15) is 18.3 Å². The van der Waals surface area contributed by atoms with Gasteiger partial charge in [-0.25, -0.2) is 4.98 Å². The van der Waals surface area contributed by atoms with Crippen LogP contribution in [0, 0.1) is 13.8 Å². The molecule has 0 aromatic carbocycles. The van der Waals surface area contributed by atoms with Crippen molar-refractivity contribution in [3.63, 3.8) is 0 Å². The highest BCUT2D eigenvalue weighted by molar-refractivity contribution is 5.74. The number of anilines is 1. The minimum atomic E-state index is -4.40. The Bertz CT molecular complexity index is 1010.